The molecule has 2 rings (SSSR count). The smallest absolute Gasteiger partial charge is 0.265 e. The van der Waals surface area contributed by atoms with Crippen LogP contribution in [-0.4, -0.2) is 57.5 Å². The molecule has 1 aliphatic rings. The number of ether oxygens (including phenoxy) is 1. The van der Waals surface area contributed by atoms with Crippen LogP contribution in [0.4, 0.5) is 0 Å². The average molecular weight is 317 g/mol. The molecule has 20 heavy (non-hydrogen) atoms. The minimum absolute atomic E-state index is 0.000706. The first kappa shape index (κ1) is 15.7. The van der Waals surface area contributed by atoms with Crippen molar-refractivity contribution in [1.29, 1.82) is 0 Å². The molecule has 1 aromatic heterocycles. The fourth-order valence-electron chi connectivity index (χ4n) is 2.14. The molecule has 0 saturated carbocycles. The number of hydrogen-bond acceptors (Lipinski definition) is 7. The molecule has 0 atom stereocenters. The number of aryl methyl sites for hydroxylation is 1. The zero-order valence-corrected chi connectivity index (χ0v) is 13.1. The van der Waals surface area contributed by atoms with Crippen molar-refractivity contribution in [2.24, 2.45) is 0 Å². The third-order valence-corrected chi connectivity index (χ3v) is 5.14. The summed E-state index contributed by atoms with van der Waals surface area (Å²) in [6, 6.07) is 0. The highest BCUT2D eigenvalue weighted by Gasteiger charge is 2.34. The first-order chi connectivity index (χ1) is 9.67. The van der Waals surface area contributed by atoms with E-state index < -0.39 is 0 Å². The van der Waals surface area contributed by atoms with Gasteiger partial charge < -0.3 is 15.2 Å². The average Bonchev–Trinajstić information content (AvgIpc) is 2.90. The molecular formula is C12H19N3O3S2. The number of amides is 1. The van der Waals surface area contributed by atoms with E-state index in [1.807, 2.05) is 11.8 Å². The van der Waals surface area contributed by atoms with Crippen LogP contribution in [0.5, 0.6) is 0 Å². The fourth-order valence-corrected chi connectivity index (χ4v) is 3.95. The van der Waals surface area contributed by atoms with E-state index in [4.69, 9.17) is 9.84 Å². The normalized spacial score (nSPS) is 17.9. The van der Waals surface area contributed by atoms with Gasteiger partial charge >= 0.3 is 0 Å². The predicted molar refractivity (Wildman–Crippen MR) is 79.3 cm³/mol. The Labute approximate surface area is 126 Å². The SMILES string of the molecule is Cc1nnsc1C(=O)NCC1(OCCO)CCSCC1. The Kier molecular flexibility index (Phi) is 5.76. The molecule has 2 heterocycles. The van der Waals surface area contributed by atoms with Crippen LogP contribution in [0.3, 0.4) is 0 Å². The van der Waals surface area contributed by atoms with Gasteiger partial charge in [-0.05, 0) is 42.8 Å². The van der Waals surface area contributed by atoms with Crippen LogP contribution in [0.25, 0.3) is 0 Å². The van der Waals surface area contributed by atoms with Gasteiger partial charge in [0.2, 0.25) is 0 Å². The van der Waals surface area contributed by atoms with Gasteiger partial charge in [-0.25, -0.2) is 0 Å². The minimum Gasteiger partial charge on any atom is -0.394 e. The molecule has 0 bridgehead atoms. The van der Waals surface area contributed by atoms with Gasteiger partial charge in [-0.15, -0.1) is 5.10 Å². The summed E-state index contributed by atoms with van der Waals surface area (Å²) in [7, 11) is 0. The number of hydrogen-bond donors (Lipinski definition) is 2. The molecule has 1 saturated heterocycles. The molecule has 2 N–H and O–H groups in total. The third-order valence-electron chi connectivity index (χ3n) is 3.33. The number of aliphatic hydroxyl groups is 1. The monoisotopic (exact) mass is 317 g/mol. The standard InChI is InChI=1S/C12H19N3O3S2/c1-9-10(20-15-14-9)11(17)13-8-12(18-5-4-16)2-6-19-7-3-12/h16H,2-8H2,1H3,(H,13,17). The second kappa shape index (κ2) is 7.35. The van der Waals surface area contributed by atoms with Gasteiger partial charge in [0.05, 0.1) is 24.5 Å². The van der Waals surface area contributed by atoms with Crippen LogP contribution in [-0.2, 0) is 4.74 Å². The number of carbonyl (C=O) groups excluding carboxylic acids is 1. The molecule has 112 valence electrons. The van der Waals surface area contributed by atoms with Crippen molar-refractivity contribution >= 4 is 29.2 Å². The van der Waals surface area contributed by atoms with Crippen LogP contribution >= 0.6 is 23.3 Å². The summed E-state index contributed by atoms with van der Waals surface area (Å²) >= 11 is 2.99. The fraction of sp³-hybridized carbons (Fsp3) is 0.750. The lowest BCUT2D eigenvalue weighted by Gasteiger charge is -2.37. The molecule has 1 aromatic rings. The van der Waals surface area contributed by atoms with Gasteiger partial charge in [-0.2, -0.15) is 11.8 Å². The Bertz CT molecular complexity index is 447. The predicted octanol–water partition coefficient (Wildman–Crippen LogP) is 0.851. The lowest BCUT2D eigenvalue weighted by molar-refractivity contribution is -0.0608. The van der Waals surface area contributed by atoms with Gasteiger partial charge in [0, 0.05) is 6.54 Å². The molecule has 1 aliphatic heterocycles. The van der Waals surface area contributed by atoms with Gasteiger partial charge in [0.1, 0.15) is 4.88 Å². The zero-order valence-electron chi connectivity index (χ0n) is 11.4. The Morgan fingerprint density at radius 3 is 2.85 bits per heavy atom. The van der Waals surface area contributed by atoms with Crippen molar-refractivity contribution in [3.8, 4) is 0 Å². The van der Waals surface area contributed by atoms with E-state index in [1.54, 1.807) is 6.92 Å². The van der Waals surface area contributed by atoms with Crippen LogP contribution in [0.15, 0.2) is 0 Å². The molecule has 6 nitrogen and oxygen atoms in total. The van der Waals surface area contributed by atoms with E-state index in [0.717, 1.165) is 35.9 Å². The van der Waals surface area contributed by atoms with E-state index in [2.05, 4.69) is 14.9 Å². The maximum Gasteiger partial charge on any atom is 0.265 e. The summed E-state index contributed by atoms with van der Waals surface area (Å²) in [5, 5.41) is 15.7. The second-order valence-electron chi connectivity index (χ2n) is 4.74. The van der Waals surface area contributed by atoms with Crippen molar-refractivity contribution in [1.82, 2.24) is 14.9 Å². The van der Waals surface area contributed by atoms with Gasteiger partial charge in [-0.3, -0.25) is 4.79 Å². The molecule has 0 unspecified atom stereocenters. The Hall–Kier alpha value is -0.700. The van der Waals surface area contributed by atoms with E-state index in [9.17, 15) is 4.79 Å². The van der Waals surface area contributed by atoms with Crippen molar-refractivity contribution < 1.29 is 14.6 Å². The van der Waals surface area contributed by atoms with E-state index in [-0.39, 0.29) is 18.1 Å². The lowest BCUT2D eigenvalue weighted by Crippen LogP contribution is -2.48. The number of aromatic nitrogens is 2. The van der Waals surface area contributed by atoms with Crippen molar-refractivity contribution in [3.05, 3.63) is 10.6 Å². The maximum atomic E-state index is 12.1. The molecule has 0 radical (unpaired) electrons. The zero-order chi connectivity index (χ0) is 14.4. The molecule has 8 heteroatoms. The highest BCUT2D eigenvalue weighted by Crippen LogP contribution is 2.30. The largest absolute Gasteiger partial charge is 0.394 e. The minimum atomic E-state index is -0.352. The van der Waals surface area contributed by atoms with Crippen LogP contribution in [0, 0.1) is 6.92 Å². The summed E-state index contributed by atoms with van der Waals surface area (Å²) < 4.78 is 9.58. The van der Waals surface area contributed by atoms with Crippen LogP contribution < -0.4 is 5.32 Å². The van der Waals surface area contributed by atoms with Crippen LogP contribution in [0.1, 0.15) is 28.2 Å². The lowest BCUT2D eigenvalue weighted by atomic mass is 9.96. The summed E-state index contributed by atoms with van der Waals surface area (Å²) in [5.74, 6) is 1.88. The molecule has 0 aliphatic carbocycles. The Morgan fingerprint density at radius 1 is 1.50 bits per heavy atom. The van der Waals surface area contributed by atoms with Crippen LogP contribution in [0.2, 0.25) is 0 Å². The quantitative estimate of drug-likeness (QED) is 0.809. The number of aliphatic hydroxyl groups excluding tert-OH is 1. The summed E-state index contributed by atoms with van der Waals surface area (Å²) in [6.45, 7) is 2.54. The molecule has 0 aromatic carbocycles. The summed E-state index contributed by atoms with van der Waals surface area (Å²) in [4.78, 5) is 12.6. The topological polar surface area (TPSA) is 84.3 Å². The third kappa shape index (κ3) is 3.91. The number of nitrogens with one attached hydrogen (secondary N) is 1. The molecule has 1 fully saturated rings. The van der Waals surface area contributed by atoms with Gasteiger partial charge in [0.15, 0.2) is 0 Å². The van der Waals surface area contributed by atoms with Crippen molar-refractivity contribution in [2.45, 2.75) is 25.4 Å². The first-order valence-corrected chi connectivity index (χ1v) is 8.49. The van der Waals surface area contributed by atoms with Crippen molar-refractivity contribution in [3.63, 3.8) is 0 Å². The molecule has 1 amide bonds. The molecule has 0 spiro atoms. The number of carbonyl (C=O) groups is 1. The second-order valence-corrected chi connectivity index (χ2v) is 6.72. The van der Waals surface area contributed by atoms with E-state index >= 15 is 0 Å². The highest BCUT2D eigenvalue weighted by molar-refractivity contribution is 7.99. The van der Waals surface area contributed by atoms with Gasteiger partial charge in [-0.1, -0.05) is 4.49 Å². The summed E-state index contributed by atoms with van der Waals surface area (Å²) in [6.07, 6.45) is 1.77. The van der Waals surface area contributed by atoms with E-state index in [1.165, 1.54) is 0 Å². The van der Waals surface area contributed by atoms with Gasteiger partial charge in [0.25, 0.3) is 5.91 Å². The number of rotatable bonds is 6. The number of thioether (sulfide) groups is 1. The van der Waals surface area contributed by atoms with Crippen molar-refractivity contribution in [2.75, 3.05) is 31.3 Å². The Morgan fingerprint density at radius 2 is 2.25 bits per heavy atom. The maximum absolute atomic E-state index is 12.1. The molecular weight excluding hydrogens is 298 g/mol. The number of nitrogens with zero attached hydrogens (tertiary/aromatic N) is 2. The Balaban J connectivity index is 1.94. The highest BCUT2D eigenvalue weighted by atomic mass is 32.2. The van der Waals surface area contributed by atoms with E-state index in [0.29, 0.717) is 23.7 Å². The first-order valence-electron chi connectivity index (χ1n) is 6.57. The summed E-state index contributed by atoms with van der Waals surface area (Å²) in [5.41, 5.74) is 0.298.